The number of rotatable bonds is 6. The maximum absolute atomic E-state index is 12.1. The van der Waals surface area contributed by atoms with Gasteiger partial charge >= 0.3 is 5.97 Å². The molecule has 0 aromatic heterocycles. The third-order valence-electron chi connectivity index (χ3n) is 3.65. The number of nitrogens with zero attached hydrogens (tertiary/aromatic N) is 1. The summed E-state index contributed by atoms with van der Waals surface area (Å²) >= 11 is 3.48. The van der Waals surface area contributed by atoms with Gasteiger partial charge in [-0.25, -0.2) is 4.79 Å². The molecule has 2 aromatic rings. The highest BCUT2D eigenvalue weighted by atomic mass is 79.9. The van der Waals surface area contributed by atoms with E-state index in [1.165, 1.54) is 0 Å². The van der Waals surface area contributed by atoms with Crippen LogP contribution in [-0.4, -0.2) is 25.4 Å². The lowest BCUT2D eigenvalue weighted by Gasteiger charge is -2.12. The van der Waals surface area contributed by atoms with Crippen LogP contribution < -0.4 is 9.47 Å². The van der Waals surface area contributed by atoms with E-state index in [9.17, 15) is 4.79 Å². The van der Waals surface area contributed by atoms with Gasteiger partial charge in [0.2, 0.25) is 0 Å². The number of hydrogen-bond donors (Lipinski definition) is 0. The Morgan fingerprint density at radius 2 is 2.04 bits per heavy atom. The molecular weight excluding hydrogens is 398 g/mol. The highest BCUT2D eigenvalue weighted by Crippen LogP contribution is 2.37. The van der Waals surface area contributed by atoms with Crippen molar-refractivity contribution in [2.45, 2.75) is 0 Å². The minimum atomic E-state index is -0.495. The van der Waals surface area contributed by atoms with Crippen LogP contribution in [0.4, 0.5) is 0 Å². The lowest BCUT2D eigenvalue weighted by Crippen LogP contribution is -2.06. The van der Waals surface area contributed by atoms with Gasteiger partial charge in [0.15, 0.2) is 11.5 Å². The maximum Gasteiger partial charge on any atom is 0.368 e. The molecule has 1 aliphatic rings. The average molecular weight is 414 g/mol. The predicted molar refractivity (Wildman–Crippen MR) is 103 cm³/mol. The van der Waals surface area contributed by atoms with Crippen LogP contribution in [0.3, 0.4) is 0 Å². The number of ether oxygens (including phenoxy) is 2. The largest absolute Gasteiger partial charge is 0.493 e. The number of methoxy groups -OCH3 is 1. The fourth-order valence-electron chi connectivity index (χ4n) is 2.49. The van der Waals surface area contributed by atoms with Crippen LogP contribution in [0.2, 0.25) is 0 Å². The monoisotopic (exact) mass is 413 g/mol. The molecule has 0 saturated heterocycles. The third-order valence-corrected chi connectivity index (χ3v) is 4.24. The van der Waals surface area contributed by atoms with E-state index in [4.69, 9.17) is 14.3 Å². The normalized spacial score (nSPS) is 14.8. The van der Waals surface area contributed by atoms with Crippen molar-refractivity contribution in [1.29, 1.82) is 0 Å². The molecule has 0 radical (unpaired) electrons. The summed E-state index contributed by atoms with van der Waals surface area (Å²) in [6, 6.07) is 13.0. The molecule has 3 rings (SSSR count). The lowest BCUT2D eigenvalue weighted by molar-refractivity contribution is -0.136. The Bertz CT molecular complexity index is 904. The summed E-state index contributed by atoms with van der Waals surface area (Å²) in [5.74, 6) is 0.615. The Balaban J connectivity index is 2.00. The second-order valence-corrected chi connectivity index (χ2v) is 6.23. The molecule has 2 aromatic carbocycles. The molecule has 1 aliphatic heterocycles. The van der Waals surface area contributed by atoms with Crippen molar-refractivity contribution < 1.29 is 19.1 Å². The van der Waals surface area contributed by atoms with E-state index in [2.05, 4.69) is 27.7 Å². The van der Waals surface area contributed by atoms with Crippen LogP contribution in [0.5, 0.6) is 11.5 Å². The van der Waals surface area contributed by atoms with E-state index in [1.54, 1.807) is 25.3 Å². The van der Waals surface area contributed by atoms with E-state index in [-0.39, 0.29) is 0 Å². The summed E-state index contributed by atoms with van der Waals surface area (Å²) in [5.41, 5.74) is 2.43. The Morgan fingerprint density at radius 1 is 1.27 bits per heavy atom. The van der Waals surface area contributed by atoms with Crippen LogP contribution in [0.15, 0.2) is 70.3 Å². The Morgan fingerprint density at radius 3 is 2.73 bits per heavy atom. The van der Waals surface area contributed by atoms with Gasteiger partial charge in [0, 0.05) is 5.56 Å². The zero-order valence-electron chi connectivity index (χ0n) is 14.1. The Hall–Kier alpha value is -2.86. The molecule has 6 heteroatoms. The lowest BCUT2D eigenvalue weighted by atomic mass is 10.0. The summed E-state index contributed by atoms with van der Waals surface area (Å²) in [6.07, 6.45) is 3.37. The molecule has 5 nitrogen and oxygen atoms in total. The number of benzene rings is 2. The van der Waals surface area contributed by atoms with E-state index in [0.717, 1.165) is 11.1 Å². The van der Waals surface area contributed by atoms with Crippen molar-refractivity contribution in [3.05, 3.63) is 76.3 Å². The summed E-state index contributed by atoms with van der Waals surface area (Å²) in [4.78, 5) is 17.0. The quantitative estimate of drug-likeness (QED) is 0.400. The Labute approximate surface area is 159 Å². The van der Waals surface area contributed by atoms with Gasteiger partial charge in [-0.15, -0.1) is 0 Å². The van der Waals surface area contributed by atoms with Crippen molar-refractivity contribution in [2.24, 2.45) is 5.16 Å². The van der Waals surface area contributed by atoms with Crippen molar-refractivity contribution in [1.82, 2.24) is 0 Å². The van der Waals surface area contributed by atoms with Crippen molar-refractivity contribution in [3.63, 3.8) is 0 Å². The maximum atomic E-state index is 12.1. The molecule has 0 saturated carbocycles. The third kappa shape index (κ3) is 3.70. The molecule has 0 unspecified atom stereocenters. The zero-order chi connectivity index (χ0) is 18.5. The minimum absolute atomic E-state index is 0.354. The van der Waals surface area contributed by atoms with Crippen molar-refractivity contribution in [2.75, 3.05) is 13.7 Å². The molecule has 26 heavy (non-hydrogen) atoms. The van der Waals surface area contributed by atoms with Gasteiger partial charge in [0.05, 0.1) is 17.2 Å². The summed E-state index contributed by atoms with van der Waals surface area (Å²) in [7, 11) is 1.56. The van der Waals surface area contributed by atoms with Gasteiger partial charge in [0.25, 0.3) is 0 Å². The first-order valence-electron chi connectivity index (χ1n) is 7.82. The van der Waals surface area contributed by atoms with Crippen LogP contribution in [0.1, 0.15) is 11.1 Å². The standard InChI is InChI=1S/C20H16BrNO4/c1-3-9-25-19-16(21)11-13(12-17(19)24-2)10-15-18(22-26-20(15)23)14-7-5-4-6-8-14/h3-8,10-12H,1,9H2,2H3/b15-10-. The molecule has 1 heterocycles. The number of oxime groups is 1. The summed E-state index contributed by atoms with van der Waals surface area (Å²) in [6.45, 7) is 3.99. The van der Waals surface area contributed by atoms with Crippen LogP contribution in [-0.2, 0) is 9.63 Å². The molecule has 0 fully saturated rings. The number of carbonyl (C=O) groups excluding carboxylic acids is 1. The van der Waals surface area contributed by atoms with E-state index in [1.807, 2.05) is 36.4 Å². The zero-order valence-corrected chi connectivity index (χ0v) is 15.7. The first-order chi connectivity index (χ1) is 12.6. The van der Waals surface area contributed by atoms with Crippen LogP contribution >= 0.6 is 15.9 Å². The Kier molecular flexibility index (Phi) is 5.53. The highest BCUT2D eigenvalue weighted by Gasteiger charge is 2.27. The van der Waals surface area contributed by atoms with Crippen molar-refractivity contribution >= 4 is 33.7 Å². The van der Waals surface area contributed by atoms with Crippen LogP contribution in [0, 0.1) is 0 Å². The van der Waals surface area contributed by atoms with Crippen molar-refractivity contribution in [3.8, 4) is 11.5 Å². The molecule has 0 atom stereocenters. The molecule has 0 N–H and O–H groups in total. The van der Waals surface area contributed by atoms with E-state index < -0.39 is 5.97 Å². The number of carbonyl (C=O) groups is 1. The first kappa shape index (κ1) is 17.9. The van der Waals surface area contributed by atoms with Gasteiger partial charge in [-0.3, -0.25) is 0 Å². The van der Waals surface area contributed by atoms with Gasteiger partial charge < -0.3 is 14.3 Å². The summed E-state index contributed by atoms with van der Waals surface area (Å²) < 4.78 is 11.7. The second-order valence-electron chi connectivity index (χ2n) is 5.38. The minimum Gasteiger partial charge on any atom is -0.493 e. The number of halogens is 1. The van der Waals surface area contributed by atoms with Gasteiger partial charge in [-0.1, -0.05) is 48.1 Å². The SMILES string of the molecule is C=CCOc1c(Br)cc(/C=C2\C(=O)ON=C2c2ccccc2)cc1OC. The molecule has 0 spiro atoms. The molecular formula is C20H16BrNO4. The predicted octanol–water partition coefficient (Wildman–Crippen LogP) is 4.37. The topological polar surface area (TPSA) is 57.1 Å². The fourth-order valence-corrected chi connectivity index (χ4v) is 3.06. The van der Waals surface area contributed by atoms with Gasteiger partial charge in [0.1, 0.15) is 12.3 Å². The highest BCUT2D eigenvalue weighted by molar-refractivity contribution is 9.10. The molecule has 0 amide bonds. The second kappa shape index (κ2) is 8.01. The first-order valence-corrected chi connectivity index (χ1v) is 8.61. The van der Waals surface area contributed by atoms with Gasteiger partial charge in [-0.2, -0.15) is 0 Å². The molecule has 0 aliphatic carbocycles. The van der Waals surface area contributed by atoms with Crippen LogP contribution in [0.25, 0.3) is 6.08 Å². The molecule has 0 bridgehead atoms. The van der Waals surface area contributed by atoms with E-state index >= 15 is 0 Å². The van der Waals surface area contributed by atoms with E-state index in [0.29, 0.717) is 33.9 Å². The summed E-state index contributed by atoms with van der Waals surface area (Å²) in [5, 5.41) is 3.91. The fraction of sp³-hybridized carbons (Fsp3) is 0.100. The van der Waals surface area contributed by atoms with Gasteiger partial charge in [-0.05, 0) is 39.7 Å². The molecule has 132 valence electrons. The smallest absolute Gasteiger partial charge is 0.368 e. The average Bonchev–Trinajstić information content (AvgIpc) is 3.01. The number of hydrogen-bond acceptors (Lipinski definition) is 5.